The van der Waals surface area contributed by atoms with Crippen LogP contribution in [0.15, 0.2) is 66.9 Å². The number of esters is 1. The van der Waals surface area contributed by atoms with E-state index >= 15 is 0 Å². The molecule has 0 unspecified atom stereocenters. The number of benzene rings is 2. The summed E-state index contributed by atoms with van der Waals surface area (Å²) < 4.78 is 5.45. The van der Waals surface area contributed by atoms with Gasteiger partial charge in [0.2, 0.25) is 0 Å². The van der Waals surface area contributed by atoms with E-state index < -0.39 is 12.0 Å². The molecule has 0 saturated carbocycles. The Morgan fingerprint density at radius 3 is 2.54 bits per heavy atom. The van der Waals surface area contributed by atoms with Crippen molar-refractivity contribution in [2.75, 3.05) is 0 Å². The average molecular weight is 376 g/mol. The summed E-state index contributed by atoms with van der Waals surface area (Å²) in [7, 11) is 0. The molecule has 1 amide bonds. The number of aromatic nitrogens is 1. The van der Waals surface area contributed by atoms with Gasteiger partial charge in [-0.05, 0) is 36.1 Å². The highest BCUT2D eigenvalue weighted by Crippen LogP contribution is 2.17. The topological polar surface area (TPSA) is 68.3 Å². The van der Waals surface area contributed by atoms with Crippen LogP contribution in [0.4, 0.5) is 0 Å². The Morgan fingerprint density at radius 1 is 1.00 bits per heavy atom. The first-order valence-corrected chi connectivity index (χ1v) is 9.39. The highest BCUT2D eigenvalue weighted by Gasteiger charge is 2.24. The minimum absolute atomic E-state index is 0.183. The van der Waals surface area contributed by atoms with E-state index in [1.807, 2.05) is 56.3 Å². The van der Waals surface area contributed by atoms with Gasteiger partial charge in [0.15, 0.2) is 0 Å². The van der Waals surface area contributed by atoms with Crippen LogP contribution in [0, 0.1) is 5.92 Å². The SMILES string of the molecule is CC(C)C[C@H](NC(=O)c1cccc2ncccc12)C(=O)OCc1ccccc1. The molecule has 144 valence electrons. The molecule has 2 aromatic carbocycles. The maximum Gasteiger partial charge on any atom is 0.328 e. The maximum atomic E-state index is 12.9. The standard InChI is InChI=1S/C23H24N2O3/c1-16(2)14-21(23(27)28-15-17-8-4-3-5-9-17)25-22(26)19-10-6-12-20-18(19)11-7-13-24-20/h3-13,16,21H,14-15H2,1-2H3,(H,25,26)/t21-/m0/s1. The van der Waals surface area contributed by atoms with Gasteiger partial charge in [-0.15, -0.1) is 0 Å². The predicted octanol–water partition coefficient (Wildman–Crippen LogP) is 4.12. The van der Waals surface area contributed by atoms with Crippen LogP contribution in [0.25, 0.3) is 10.9 Å². The molecule has 5 heteroatoms. The number of pyridine rings is 1. The van der Waals surface area contributed by atoms with Gasteiger partial charge in [0, 0.05) is 17.1 Å². The molecule has 1 N–H and O–H groups in total. The van der Waals surface area contributed by atoms with Gasteiger partial charge >= 0.3 is 5.97 Å². The van der Waals surface area contributed by atoms with Crippen molar-refractivity contribution in [3.63, 3.8) is 0 Å². The van der Waals surface area contributed by atoms with Gasteiger partial charge in [0.1, 0.15) is 12.6 Å². The van der Waals surface area contributed by atoms with E-state index in [4.69, 9.17) is 4.74 Å². The second kappa shape index (κ2) is 9.13. The van der Waals surface area contributed by atoms with Crippen LogP contribution in [0.2, 0.25) is 0 Å². The Morgan fingerprint density at radius 2 is 1.79 bits per heavy atom. The van der Waals surface area contributed by atoms with Crippen molar-refractivity contribution < 1.29 is 14.3 Å². The van der Waals surface area contributed by atoms with Crippen molar-refractivity contribution in [3.05, 3.63) is 78.0 Å². The van der Waals surface area contributed by atoms with Gasteiger partial charge in [-0.25, -0.2) is 4.79 Å². The first-order valence-electron chi connectivity index (χ1n) is 9.39. The Hall–Kier alpha value is -3.21. The second-order valence-electron chi connectivity index (χ2n) is 7.12. The molecule has 3 rings (SSSR count). The van der Waals surface area contributed by atoms with E-state index in [0.717, 1.165) is 16.5 Å². The van der Waals surface area contributed by atoms with Gasteiger partial charge in [-0.1, -0.05) is 56.3 Å². The molecule has 0 saturated heterocycles. The molecule has 3 aromatic rings. The van der Waals surface area contributed by atoms with Crippen molar-refractivity contribution in [1.82, 2.24) is 10.3 Å². The summed E-state index contributed by atoms with van der Waals surface area (Å²) in [6.07, 6.45) is 2.19. The molecule has 0 bridgehead atoms. The molecular formula is C23H24N2O3. The zero-order chi connectivity index (χ0) is 19.9. The van der Waals surface area contributed by atoms with E-state index in [1.54, 1.807) is 24.4 Å². The molecule has 1 aromatic heterocycles. The zero-order valence-corrected chi connectivity index (χ0v) is 16.1. The first-order chi connectivity index (χ1) is 13.5. The summed E-state index contributed by atoms with van der Waals surface area (Å²) in [5.74, 6) is -0.506. The fraction of sp³-hybridized carbons (Fsp3) is 0.261. The van der Waals surface area contributed by atoms with Gasteiger partial charge in [0.25, 0.3) is 5.91 Å². The molecule has 1 atom stereocenters. The van der Waals surface area contributed by atoms with Crippen molar-refractivity contribution in [3.8, 4) is 0 Å². The fourth-order valence-electron chi connectivity index (χ4n) is 3.05. The Kier molecular flexibility index (Phi) is 6.37. The number of carbonyl (C=O) groups is 2. The quantitative estimate of drug-likeness (QED) is 0.630. The van der Waals surface area contributed by atoms with E-state index in [2.05, 4.69) is 10.3 Å². The van der Waals surface area contributed by atoms with Gasteiger partial charge in [-0.2, -0.15) is 0 Å². The molecule has 0 aliphatic rings. The minimum atomic E-state index is -0.705. The van der Waals surface area contributed by atoms with Crippen LogP contribution < -0.4 is 5.32 Å². The summed E-state index contributed by atoms with van der Waals surface area (Å²) in [4.78, 5) is 29.8. The van der Waals surface area contributed by atoms with Gasteiger partial charge in [0.05, 0.1) is 5.52 Å². The Bertz CT molecular complexity index is 949. The predicted molar refractivity (Wildman–Crippen MR) is 109 cm³/mol. The van der Waals surface area contributed by atoms with E-state index in [9.17, 15) is 9.59 Å². The van der Waals surface area contributed by atoms with Crippen LogP contribution in [0.3, 0.4) is 0 Å². The van der Waals surface area contributed by atoms with E-state index in [-0.39, 0.29) is 18.4 Å². The molecule has 0 aliphatic carbocycles. The third-order valence-corrected chi connectivity index (χ3v) is 4.41. The Labute approximate surface area is 164 Å². The highest BCUT2D eigenvalue weighted by atomic mass is 16.5. The molecular weight excluding hydrogens is 352 g/mol. The largest absolute Gasteiger partial charge is 0.459 e. The molecule has 0 fully saturated rings. The van der Waals surface area contributed by atoms with Crippen molar-refractivity contribution in [1.29, 1.82) is 0 Å². The summed E-state index contributed by atoms with van der Waals surface area (Å²) in [6.45, 7) is 4.19. The lowest BCUT2D eigenvalue weighted by Crippen LogP contribution is -2.42. The lowest BCUT2D eigenvalue weighted by atomic mass is 10.0. The number of nitrogens with one attached hydrogen (secondary N) is 1. The molecule has 0 spiro atoms. The van der Waals surface area contributed by atoms with Gasteiger partial charge in [-0.3, -0.25) is 9.78 Å². The average Bonchev–Trinajstić information content (AvgIpc) is 2.71. The van der Waals surface area contributed by atoms with Crippen LogP contribution in [-0.2, 0) is 16.1 Å². The lowest BCUT2D eigenvalue weighted by Gasteiger charge is -2.20. The van der Waals surface area contributed by atoms with Crippen molar-refractivity contribution in [2.45, 2.75) is 32.9 Å². The third kappa shape index (κ3) is 4.94. The number of nitrogens with zero attached hydrogens (tertiary/aromatic N) is 1. The van der Waals surface area contributed by atoms with Gasteiger partial charge < -0.3 is 10.1 Å². The Balaban J connectivity index is 1.74. The monoisotopic (exact) mass is 376 g/mol. The van der Waals surface area contributed by atoms with Crippen LogP contribution in [0.1, 0.15) is 36.2 Å². The van der Waals surface area contributed by atoms with Crippen LogP contribution >= 0.6 is 0 Å². The summed E-state index contributed by atoms with van der Waals surface area (Å²) in [5, 5.41) is 3.60. The highest BCUT2D eigenvalue weighted by molar-refractivity contribution is 6.07. The molecule has 28 heavy (non-hydrogen) atoms. The number of hydrogen-bond acceptors (Lipinski definition) is 4. The summed E-state index contributed by atoms with van der Waals surface area (Å²) in [6, 6.07) is 17.8. The number of rotatable bonds is 7. The maximum absolute atomic E-state index is 12.9. The molecule has 0 aliphatic heterocycles. The molecule has 5 nitrogen and oxygen atoms in total. The summed E-state index contributed by atoms with van der Waals surface area (Å²) >= 11 is 0. The van der Waals surface area contributed by atoms with Crippen molar-refractivity contribution in [2.24, 2.45) is 5.92 Å². The number of amides is 1. The second-order valence-corrected chi connectivity index (χ2v) is 7.12. The number of hydrogen-bond donors (Lipinski definition) is 1. The third-order valence-electron chi connectivity index (χ3n) is 4.41. The minimum Gasteiger partial charge on any atom is -0.459 e. The molecule has 0 radical (unpaired) electrons. The number of carbonyl (C=O) groups excluding carboxylic acids is 2. The van der Waals surface area contributed by atoms with Crippen LogP contribution in [-0.4, -0.2) is 22.9 Å². The van der Waals surface area contributed by atoms with Crippen molar-refractivity contribution >= 4 is 22.8 Å². The smallest absolute Gasteiger partial charge is 0.328 e. The van der Waals surface area contributed by atoms with E-state index in [0.29, 0.717) is 12.0 Å². The summed E-state index contributed by atoms with van der Waals surface area (Å²) in [5.41, 5.74) is 2.14. The lowest BCUT2D eigenvalue weighted by molar-refractivity contribution is -0.147. The number of ether oxygens (including phenoxy) is 1. The molecule has 1 heterocycles. The van der Waals surface area contributed by atoms with Crippen LogP contribution in [0.5, 0.6) is 0 Å². The normalized spacial score (nSPS) is 12.0. The first kappa shape index (κ1) is 19.5. The number of fused-ring (bicyclic) bond motifs is 1. The fourth-order valence-corrected chi connectivity index (χ4v) is 3.05. The zero-order valence-electron chi connectivity index (χ0n) is 16.1. The van der Waals surface area contributed by atoms with E-state index in [1.165, 1.54) is 0 Å².